The van der Waals surface area contributed by atoms with Gasteiger partial charge in [-0.3, -0.25) is 0 Å². The first-order valence-electron chi connectivity index (χ1n) is 5.67. The maximum atomic E-state index is 12.7. The van der Waals surface area contributed by atoms with Crippen molar-refractivity contribution in [3.63, 3.8) is 0 Å². The number of benzene rings is 1. The molecule has 0 saturated heterocycles. The van der Waals surface area contributed by atoms with Gasteiger partial charge in [-0.15, -0.1) is 0 Å². The summed E-state index contributed by atoms with van der Waals surface area (Å²) in [5.74, 6) is 0.342. The molecule has 0 radical (unpaired) electrons. The second kappa shape index (κ2) is 6.91. The Hall–Kier alpha value is -1.68. The van der Waals surface area contributed by atoms with Crippen LogP contribution in [0.2, 0.25) is 5.28 Å². The van der Waals surface area contributed by atoms with E-state index in [1.54, 1.807) is 18.3 Å². The lowest BCUT2D eigenvalue weighted by molar-refractivity contribution is 0.628. The molecule has 0 aliphatic rings. The molecule has 0 fully saturated rings. The predicted molar refractivity (Wildman–Crippen MR) is 72.8 cm³/mol. The average Bonchev–Trinajstić information content (AvgIpc) is 2.39. The molecule has 18 heavy (non-hydrogen) atoms. The van der Waals surface area contributed by atoms with Gasteiger partial charge in [0.25, 0.3) is 0 Å². The van der Waals surface area contributed by atoms with Crippen LogP contribution in [0.25, 0.3) is 0 Å². The highest BCUT2D eigenvalue weighted by Crippen LogP contribution is 2.19. The van der Waals surface area contributed by atoms with Crippen molar-refractivity contribution in [3.05, 3.63) is 47.1 Å². The topological polar surface area (TPSA) is 37.8 Å². The molecule has 0 aliphatic heterocycles. The van der Waals surface area contributed by atoms with Gasteiger partial charge < -0.3 is 5.32 Å². The lowest BCUT2D eigenvalue weighted by atomic mass is 10.3. The van der Waals surface area contributed by atoms with E-state index in [4.69, 9.17) is 11.6 Å². The molecule has 0 saturated carbocycles. The molecule has 5 heteroatoms. The van der Waals surface area contributed by atoms with Gasteiger partial charge in [0.05, 0.1) is 0 Å². The molecule has 0 unspecified atom stereocenters. The summed E-state index contributed by atoms with van der Waals surface area (Å²) in [7, 11) is 0. The SMILES string of the molecule is CC.Cc1cnc(Cl)nc1Nc1ccc(F)cc1. The third-order valence-electron chi connectivity index (χ3n) is 2.05. The van der Waals surface area contributed by atoms with Crippen molar-refractivity contribution < 1.29 is 4.39 Å². The summed E-state index contributed by atoms with van der Waals surface area (Å²) < 4.78 is 12.7. The molecule has 1 aromatic heterocycles. The second-order valence-corrected chi connectivity index (χ2v) is 3.64. The standard InChI is InChI=1S/C11H9ClFN3.C2H6/c1-7-6-14-11(12)16-10(7)15-9-4-2-8(13)3-5-9;1-2/h2-6H,1H3,(H,14,15,16);1-2H3. The summed E-state index contributed by atoms with van der Waals surface area (Å²) >= 11 is 5.69. The molecule has 2 aromatic rings. The van der Waals surface area contributed by atoms with Crippen LogP contribution >= 0.6 is 11.6 Å². The first-order chi connectivity index (χ1) is 8.65. The monoisotopic (exact) mass is 267 g/mol. The smallest absolute Gasteiger partial charge is 0.224 e. The van der Waals surface area contributed by atoms with E-state index in [2.05, 4.69) is 15.3 Å². The highest BCUT2D eigenvalue weighted by molar-refractivity contribution is 6.28. The third kappa shape index (κ3) is 3.96. The zero-order valence-corrected chi connectivity index (χ0v) is 11.3. The Labute approximate surface area is 111 Å². The van der Waals surface area contributed by atoms with Gasteiger partial charge in [-0.1, -0.05) is 13.8 Å². The van der Waals surface area contributed by atoms with Crippen molar-refractivity contribution in [1.29, 1.82) is 0 Å². The summed E-state index contributed by atoms with van der Waals surface area (Å²) in [6.45, 7) is 5.86. The van der Waals surface area contributed by atoms with Gasteiger partial charge in [-0.05, 0) is 42.8 Å². The number of rotatable bonds is 2. The predicted octanol–water partition coefficient (Wildman–Crippen LogP) is 4.35. The highest BCUT2D eigenvalue weighted by atomic mass is 35.5. The zero-order chi connectivity index (χ0) is 13.5. The quantitative estimate of drug-likeness (QED) is 0.822. The molecular formula is C13H15ClFN3. The van der Waals surface area contributed by atoms with Crippen LogP contribution in [0.4, 0.5) is 15.9 Å². The number of aryl methyl sites for hydroxylation is 1. The molecule has 0 aliphatic carbocycles. The van der Waals surface area contributed by atoms with Gasteiger partial charge in [0.2, 0.25) is 5.28 Å². The molecule has 0 bridgehead atoms. The van der Waals surface area contributed by atoms with Crippen molar-refractivity contribution in [1.82, 2.24) is 9.97 Å². The van der Waals surface area contributed by atoms with Crippen LogP contribution in [-0.2, 0) is 0 Å². The van der Waals surface area contributed by atoms with Gasteiger partial charge >= 0.3 is 0 Å². The Morgan fingerprint density at radius 2 is 1.78 bits per heavy atom. The minimum atomic E-state index is -0.275. The van der Waals surface area contributed by atoms with E-state index in [0.717, 1.165) is 11.3 Å². The molecule has 1 heterocycles. The molecule has 0 amide bonds. The van der Waals surface area contributed by atoms with Gasteiger partial charge in [0.15, 0.2) is 0 Å². The molecular weight excluding hydrogens is 253 g/mol. The fraction of sp³-hybridized carbons (Fsp3) is 0.231. The Morgan fingerprint density at radius 3 is 2.39 bits per heavy atom. The van der Waals surface area contributed by atoms with Crippen LogP contribution in [0.1, 0.15) is 19.4 Å². The number of hydrogen-bond acceptors (Lipinski definition) is 3. The number of aromatic nitrogens is 2. The summed E-state index contributed by atoms with van der Waals surface area (Å²) in [6.07, 6.45) is 1.63. The summed E-state index contributed by atoms with van der Waals surface area (Å²) in [5.41, 5.74) is 1.62. The van der Waals surface area contributed by atoms with Crippen LogP contribution in [0.3, 0.4) is 0 Å². The van der Waals surface area contributed by atoms with Crippen LogP contribution < -0.4 is 5.32 Å². The van der Waals surface area contributed by atoms with E-state index in [0.29, 0.717) is 5.82 Å². The molecule has 1 N–H and O–H groups in total. The van der Waals surface area contributed by atoms with Crippen LogP contribution in [0.15, 0.2) is 30.5 Å². The van der Waals surface area contributed by atoms with E-state index in [-0.39, 0.29) is 11.1 Å². The zero-order valence-electron chi connectivity index (χ0n) is 10.5. The van der Waals surface area contributed by atoms with Crippen molar-refractivity contribution >= 4 is 23.1 Å². The number of nitrogens with zero attached hydrogens (tertiary/aromatic N) is 2. The molecule has 3 nitrogen and oxygen atoms in total. The van der Waals surface area contributed by atoms with E-state index in [9.17, 15) is 4.39 Å². The van der Waals surface area contributed by atoms with Crippen LogP contribution in [0.5, 0.6) is 0 Å². The Balaban J connectivity index is 0.000000771. The second-order valence-electron chi connectivity index (χ2n) is 3.30. The first kappa shape index (κ1) is 14.4. The number of halogens is 2. The van der Waals surface area contributed by atoms with Gasteiger partial charge in [-0.2, -0.15) is 0 Å². The highest BCUT2D eigenvalue weighted by Gasteiger charge is 2.02. The first-order valence-corrected chi connectivity index (χ1v) is 6.04. The fourth-order valence-electron chi connectivity index (χ4n) is 1.22. The van der Waals surface area contributed by atoms with E-state index in [1.807, 2.05) is 20.8 Å². The van der Waals surface area contributed by atoms with Crippen molar-refractivity contribution in [2.45, 2.75) is 20.8 Å². The van der Waals surface area contributed by atoms with Crippen LogP contribution in [-0.4, -0.2) is 9.97 Å². The third-order valence-corrected chi connectivity index (χ3v) is 2.23. The van der Waals surface area contributed by atoms with E-state index in [1.165, 1.54) is 12.1 Å². The summed E-state index contributed by atoms with van der Waals surface area (Å²) in [6, 6.07) is 6.01. The largest absolute Gasteiger partial charge is 0.340 e. The minimum Gasteiger partial charge on any atom is -0.340 e. The van der Waals surface area contributed by atoms with Gasteiger partial charge in [0, 0.05) is 17.4 Å². The summed E-state index contributed by atoms with van der Waals surface area (Å²) in [5, 5.41) is 3.21. The Morgan fingerprint density at radius 1 is 1.17 bits per heavy atom. The van der Waals surface area contributed by atoms with Crippen molar-refractivity contribution in [3.8, 4) is 0 Å². The van der Waals surface area contributed by atoms with E-state index < -0.39 is 0 Å². The normalized spacial score (nSPS) is 9.39. The van der Waals surface area contributed by atoms with Crippen molar-refractivity contribution in [2.24, 2.45) is 0 Å². The van der Waals surface area contributed by atoms with Gasteiger partial charge in [0.1, 0.15) is 11.6 Å². The lowest BCUT2D eigenvalue weighted by Crippen LogP contribution is -1.98. The maximum absolute atomic E-state index is 12.7. The molecule has 0 atom stereocenters. The lowest BCUT2D eigenvalue weighted by Gasteiger charge is -2.07. The number of anilines is 2. The van der Waals surface area contributed by atoms with Crippen LogP contribution in [0, 0.1) is 12.7 Å². The van der Waals surface area contributed by atoms with Crippen molar-refractivity contribution in [2.75, 3.05) is 5.32 Å². The van der Waals surface area contributed by atoms with Gasteiger partial charge in [-0.25, -0.2) is 14.4 Å². The molecule has 96 valence electrons. The Kier molecular flexibility index (Phi) is 5.52. The Bertz CT molecular complexity index is 500. The molecule has 1 aromatic carbocycles. The maximum Gasteiger partial charge on any atom is 0.224 e. The number of hydrogen-bond donors (Lipinski definition) is 1. The van der Waals surface area contributed by atoms with E-state index >= 15 is 0 Å². The minimum absolute atomic E-state index is 0.176. The summed E-state index contributed by atoms with van der Waals surface area (Å²) in [4.78, 5) is 7.89. The molecule has 0 spiro atoms. The molecule has 2 rings (SSSR count). The average molecular weight is 268 g/mol. The fourth-order valence-corrected chi connectivity index (χ4v) is 1.35. The number of nitrogens with one attached hydrogen (secondary N) is 1.